The van der Waals surface area contributed by atoms with Gasteiger partial charge in [0, 0.05) is 0 Å². The molecule has 0 saturated heterocycles. The summed E-state index contributed by atoms with van der Waals surface area (Å²) in [5, 5.41) is 0. The van der Waals surface area contributed by atoms with Gasteiger partial charge in [-0.1, -0.05) is 18.5 Å². The molecule has 90 valence electrons. The molecule has 15 heavy (non-hydrogen) atoms. The normalized spacial score (nSPS) is 18.3. The maximum Gasteiger partial charge on any atom is 0.365 e. The molecule has 0 heterocycles. The Bertz CT molecular complexity index is 191. The molecule has 1 rings (SSSR count). The van der Waals surface area contributed by atoms with Crippen LogP contribution in [0.1, 0.15) is 25.7 Å². The smallest absolute Gasteiger partial charge is 0.126 e. The van der Waals surface area contributed by atoms with Crippen LogP contribution in [0.5, 0.6) is 0 Å². The number of hydrogen-bond donors (Lipinski definition) is 0. The zero-order valence-corrected chi connectivity index (χ0v) is 14.5. The number of halogens is 6. The molecule has 0 aliphatic heterocycles. The number of rotatable bonds is 2. The van der Waals surface area contributed by atoms with Crippen LogP contribution in [0.25, 0.3) is 0 Å². The maximum absolute atomic E-state index is 5.81. The summed E-state index contributed by atoms with van der Waals surface area (Å²) in [4.78, 5) is 0. The summed E-state index contributed by atoms with van der Waals surface area (Å²) in [6, 6.07) is -4.76. The Morgan fingerprint density at radius 1 is 0.933 bits per heavy atom. The maximum atomic E-state index is 5.81. The van der Waals surface area contributed by atoms with Gasteiger partial charge in [0.2, 0.25) is 0 Å². The van der Waals surface area contributed by atoms with E-state index in [0.29, 0.717) is 5.54 Å². The third-order valence-electron chi connectivity index (χ3n) is 2.05. The zero-order chi connectivity index (χ0) is 12.1. The molecular formula is C7H12Cl6Si2. The molecule has 1 aliphatic rings. The summed E-state index contributed by atoms with van der Waals surface area (Å²) < 4.78 is 0. The second-order valence-corrected chi connectivity index (χ2v) is 20.9. The molecule has 1 aliphatic carbocycles. The molecule has 1 fully saturated rings. The first-order chi connectivity index (χ1) is 6.67. The standard InChI is InChI=1S/C5H9Cl3Si.C2H3Cl3Si/c6-9(7,8)5-3-1-2-4-5;1-2-6(3,4)5/h5H,1-4H2;2H,1H2. The molecule has 0 radical (unpaired) electrons. The van der Waals surface area contributed by atoms with Crippen molar-refractivity contribution in [3.8, 4) is 0 Å². The summed E-state index contributed by atoms with van der Waals surface area (Å²) >= 11 is 33.2. The van der Waals surface area contributed by atoms with E-state index >= 15 is 0 Å². The molecule has 1 saturated carbocycles. The quantitative estimate of drug-likeness (QED) is 0.419. The minimum atomic E-state index is -2.45. The molecule has 0 aromatic heterocycles. The van der Waals surface area contributed by atoms with Gasteiger partial charge in [0.05, 0.1) is 0 Å². The van der Waals surface area contributed by atoms with Crippen molar-refractivity contribution in [3.63, 3.8) is 0 Å². The van der Waals surface area contributed by atoms with Gasteiger partial charge in [0.25, 0.3) is 0 Å². The molecule has 0 unspecified atom stereocenters. The lowest BCUT2D eigenvalue weighted by Crippen LogP contribution is -2.16. The molecule has 0 nitrogen and oxygen atoms in total. The summed E-state index contributed by atoms with van der Waals surface area (Å²) in [7, 11) is 0. The van der Waals surface area contributed by atoms with Crippen LogP contribution in [0.3, 0.4) is 0 Å². The van der Waals surface area contributed by atoms with Crippen molar-refractivity contribution in [1.29, 1.82) is 0 Å². The van der Waals surface area contributed by atoms with Crippen LogP contribution in [-0.2, 0) is 0 Å². The molecule has 0 N–H and O–H groups in total. The highest BCUT2D eigenvalue weighted by atomic mass is 35.8. The highest BCUT2D eigenvalue weighted by molar-refractivity contribution is 7.66. The lowest BCUT2D eigenvalue weighted by atomic mass is 10.4. The first kappa shape index (κ1) is 16.9. The molecule has 0 aromatic carbocycles. The fourth-order valence-electron chi connectivity index (χ4n) is 1.25. The van der Waals surface area contributed by atoms with E-state index in [0.717, 1.165) is 12.8 Å². The van der Waals surface area contributed by atoms with E-state index in [9.17, 15) is 0 Å². The summed E-state index contributed by atoms with van der Waals surface area (Å²) in [6.07, 6.45) is 4.79. The van der Waals surface area contributed by atoms with Gasteiger partial charge >= 0.3 is 12.0 Å². The van der Waals surface area contributed by atoms with Crippen molar-refractivity contribution < 1.29 is 0 Å². The topological polar surface area (TPSA) is 0 Å². The Kier molecular flexibility index (Phi) is 8.31. The predicted molar refractivity (Wildman–Crippen MR) is 79.0 cm³/mol. The van der Waals surface area contributed by atoms with E-state index in [-0.39, 0.29) is 0 Å². The zero-order valence-electron chi connectivity index (χ0n) is 7.96. The fraction of sp³-hybridized carbons (Fsp3) is 0.714. The Morgan fingerprint density at radius 2 is 1.27 bits per heavy atom. The molecule has 0 aromatic rings. The van der Waals surface area contributed by atoms with E-state index < -0.39 is 12.0 Å². The van der Waals surface area contributed by atoms with Gasteiger partial charge < -0.3 is 0 Å². The van der Waals surface area contributed by atoms with E-state index in [4.69, 9.17) is 66.5 Å². The van der Waals surface area contributed by atoms with Crippen LogP contribution >= 0.6 is 66.5 Å². The van der Waals surface area contributed by atoms with Crippen molar-refractivity contribution >= 4 is 78.5 Å². The number of hydrogen-bond acceptors (Lipinski definition) is 0. The van der Waals surface area contributed by atoms with E-state index in [1.54, 1.807) is 0 Å². The van der Waals surface area contributed by atoms with Crippen LogP contribution < -0.4 is 0 Å². The van der Waals surface area contributed by atoms with Gasteiger partial charge in [0.1, 0.15) is 0 Å². The molecule has 8 heteroatoms. The monoisotopic (exact) mass is 362 g/mol. The van der Waals surface area contributed by atoms with Crippen LogP contribution in [0.4, 0.5) is 0 Å². The van der Waals surface area contributed by atoms with Crippen molar-refractivity contribution in [1.82, 2.24) is 0 Å². The van der Waals surface area contributed by atoms with Crippen molar-refractivity contribution in [2.75, 3.05) is 0 Å². The van der Waals surface area contributed by atoms with E-state index in [1.165, 1.54) is 18.5 Å². The minimum Gasteiger partial charge on any atom is -0.126 e. The Morgan fingerprint density at radius 3 is 1.40 bits per heavy atom. The van der Waals surface area contributed by atoms with Crippen molar-refractivity contribution in [2.24, 2.45) is 0 Å². The van der Waals surface area contributed by atoms with E-state index in [2.05, 4.69) is 6.58 Å². The third-order valence-corrected chi connectivity index (χ3v) is 8.18. The van der Waals surface area contributed by atoms with Crippen molar-refractivity contribution in [2.45, 2.75) is 31.2 Å². The molecule has 0 amide bonds. The highest BCUT2D eigenvalue weighted by Crippen LogP contribution is 2.44. The lowest BCUT2D eigenvalue weighted by Gasteiger charge is -2.14. The Hall–Kier alpha value is 1.91. The first-order valence-electron chi connectivity index (χ1n) is 4.44. The predicted octanol–water partition coefficient (Wildman–Crippen LogP) is 5.95. The first-order valence-corrected chi connectivity index (χ1v) is 14.7. The van der Waals surface area contributed by atoms with Gasteiger partial charge in [0.15, 0.2) is 0 Å². The van der Waals surface area contributed by atoms with Gasteiger partial charge in [-0.3, -0.25) is 0 Å². The molecule has 0 spiro atoms. The summed E-state index contributed by atoms with van der Waals surface area (Å²) in [5.74, 6) is 0. The summed E-state index contributed by atoms with van der Waals surface area (Å²) in [5.41, 5.74) is 1.82. The fourth-order valence-corrected chi connectivity index (χ4v) is 4.28. The minimum absolute atomic E-state index is 0.447. The molecule has 0 bridgehead atoms. The SMILES string of the molecule is C=C[Si](Cl)(Cl)Cl.Cl[Si](Cl)(Cl)C1CCCC1. The second kappa shape index (κ2) is 7.37. The van der Waals surface area contributed by atoms with Crippen LogP contribution in [0.2, 0.25) is 5.54 Å². The third kappa shape index (κ3) is 9.60. The Balaban J connectivity index is 0.000000288. The van der Waals surface area contributed by atoms with Gasteiger partial charge in [-0.05, 0) is 18.4 Å². The average molecular weight is 365 g/mol. The van der Waals surface area contributed by atoms with Gasteiger partial charge in [-0.2, -0.15) is 0 Å². The van der Waals surface area contributed by atoms with Crippen molar-refractivity contribution in [3.05, 3.63) is 12.3 Å². The molecule has 0 atom stereocenters. The van der Waals surface area contributed by atoms with Crippen LogP contribution in [-0.4, -0.2) is 12.0 Å². The highest BCUT2D eigenvalue weighted by Gasteiger charge is 2.38. The lowest BCUT2D eigenvalue weighted by molar-refractivity contribution is 0.868. The average Bonchev–Trinajstić information content (AvgIpc) is 2.54. The van der Waals surface area contributed by atoms with Crippen LogP contribution in [0.15, 0.2) is 12.3 Å². The van der Waals surface area contributed by atoms with Gasteiger partial charge in [-0.25, -0.2) is 0 Å². The molecular weight excluding hydrogens is 353 g/mol. The largest absolute Gasteiger partial charge is 0.365 e. The van der Waals surface area contributed by atoms with E-state index in [1.807, 2.05) is 0 Å². The second-order valence-electron chi connectivity index (χ2n) is 3.27. The summed E-state index contributed by atoms with van der Waals surface area (Å²) in [6.45, 7) is 3.30. The van der Waals surface area contributed by atoms with Crippen LogP contribution in [0, 0.1) is 0 Å². The van der Waals surface area contributed by atoms with Gasteiger partial charge in [-0.15, -0.1) is 73.1 Å². The Labute approximate surface area is 121 Å².